The van der Waals surface area contributed by atoms with E-state index in [1.54, 1.807) is 18.9 Å². The number of aromatic nitrogens is 1. The van der Waals surface area contributed by atoms with Gasteiger partial charge in [-0.2, -0.15) is 0 Å². The average molecular weight is 367 g/mol. The lowest BCUT2D eigenvalue weighted by Crippen LogP contribution is -2.46. The van der Waals surface area contributed by atoms with Crippen LogP contribution in [0, 0.1) is 12.8 Å². The Balaban J connectivity index is 1.98. The van der Waals surface area contributed by atoms with E-state index in [0.717, 1.165) is 17.8 Å². The van der Waals surface area contributed by atoms with Crippen LogP contribution in [0.25, 0.3) is 0 Å². The molecule has 1 atom stereocenters. The highest BCUT2D eigenvalue weighted by Gasteiger charge is 2.29. The number of hydrogen-bond donors (Lipinski definition) is 1. The van der Waals surface area contributed by atoms with Crippen LogP contribution < -0.4 is 0 Å². The van der Waals surface area contributed by atoms with Crippen molar-refractivity contribution in [2.24, 2.45) is 5.92 Å². The summed E-state index contributed by atoms with van der Waals surface area (Å²) in [5.74, 6) is -1.81. The Hall–Kier alpha value is -1.96. The molecule has 2 heterocycles. The molecular weight excluding hydrogens is 342 g/mol. The van der Waals surface area contributed by atoms with Crippen LogP contribution in [0.2, 0.25) is 0 Å². The van der Waals surface area contributed by atoms with E-state index in [9.17, 15) is 14.4 Å². The summed E-state index contributed by atoms with van der Waals surface area (Å²) in [5, 5.41) is 10.1. The molecule has 1 aromatic rings. The number of likely N-dealkylation sites (N-methyl/N-ethyl adjacent to an activating group) is 1. The van der Waals surface area contributed by atoms with E-state index < -0.39 is 11.9 Å². The van der Waals surface area contributed by atoms with Gasteiger partial charge in [0.15, 0.2) is 0 Å². The van der Waals surface area contributed by atoms with Crippen molar-refractivity contribution in [3.8, 4) is 0 Å². The fourth-order valence-corrected chi connectivity index (χ4v) is 4.09. The van der Waals surface area contributed by atoms with Crippen LogP contribution in [-0.4, -0.2) is 64.4 Å². The van der Waals surface area contributed by atoms with Crippen molar-refractivity contribution in [3.05, 3.63) is 15.6 Å². The molecular formula is C17H25N3O4S. The molecule has 0 saturated carbocycles. The first-order chi connectivity index (χ1) is 11.8. The lowest BCUT2D eigenvalue weighted by Gasteiger charge is -2.32. The molecule has 0 aromatic carbocycles. The third-order valence-electron chi connectivity index (χ3n) is 4.34. The second-order valence-corrected chi connectivity index (χ2v) is 7.53. The summed E-state index contributed by atoms with van der Waals surface area (Å²) in [6.07, 6.45) is 3.07. The van der Waals surface area contributed by atoms with E-state index in [1.807, 2.05) is 0 Å². The van der Waals surface area contributed by atoms with Gasteiger partial charge in [0, 0.05) is 20.1 Å². The summed E-state index contributed by atoms with van der Waals surface area (Å²) in [4.78, 5) is 44.1. The van der Waals surface area contributed by atoms with Crippen LogP contribution in [0.4, 0.5) is 0 Å². The Bertz CT molecular complexity index is 658. The molecule has 1 aromatic heterocycles. The van der Waals surface area contributed by atoms with Crippen molar-refractivity contribution < 1.29 is 19.5 Å². The lowest BCUT2D eigenvalue weighted by molar-refractivity contribution is -0.145. The first-order valence-corrected chi connectivity index (χ1v) is 9.37. The Labute approximate surface area is 151 Å². The smallest absolute Gasteiger partial charge is 0.308 e. The SMILES string of the molecule is CCCc1nc(C)c(C(=O)N(C)CC(=O)N2CCCC(C(=O)O)C2)s1. The molecule has 1 saturated heterocycles. The minimum Gasteiger partial charge on any atom is -0.481 e. The van der Waals surface area contributed by atoms with Gasteiger partial charge in [0.1, 0.15) is 4.88 Å². The molecule has 0 spiro atoms. The van der Waals surface area contributed by atoms with Crippen molar-refractivity contribution in [1.82, 2.24) is 14.8 Å². The van der Waals surface area contributed by atoms with Crippen LogP contribution in [0.1, 0.15) is 46.6 Å². The van der Waals surface area contributed by atoms with Gasteiger partial charge in [0.05, 0.1) is 23.2 Å². The Morgan fingerprint density at radius 1 is 1.40 bits per heavy atom. The zero-order chi connectivity index (χ0) is 18.6. The Morgan fingerprint density at radius 2 is 2.12 bits per heavy atom. The minimum atomic E-state index is -0.870. The maximum Gasteiger partial charge on any atom is 0.308 e. The van der Waals surface area contributed by atoms with Gasteiger partial charge < -0.3 is 14.9 Å². The molecule has 2 amide bonds. The van der Waals surface area contributed by atoms with Gasteiger partial charge in [-0.25, -0.2) is 4.98 Å². The molecule has 2 rings (SSSR count). The van der Waals surface area contributed by atoms with Crippen molar-refractivity contribution in [1.29, 1.82) is 0 Å². The monoisotopic (exact) mass is 367 g/mol. The molecule has 1 N–H and O–H groups in total. The second kappa shape index (κ2) is 8.42. The summed E-state index contributed by atoms with van der Waals surface area (Å²) in [5.41, 5.74) is 0.696. The fraction of sp³-hybridized carbons (Fsp3) is 0.647. The number of thiazole rings is 1. The summed E-state index contributed by atoms with van der Waals surface area (Å²) >= 11 is 1.38. The molecule has 25 heavy (non-hydrogen) atoms. The predicted octanol–water partition coefficient (Wildman–Crippen LogP) is 1.80. The molecule has 138 valence electrons. The predicted molar refractivity (Wildman–Crippen MR) is 94.7 cm³/mol. The Morgan fingerprint density at radius 3 is 2.76 bits per heavy atom. The number of carboxylic acid groups (broad SMARTS) is 1. The van der Waals surface area contributed by atoms with E-state index in [2.05, 4.69) is 11.9 Å². The first kappa shape index (κ1) is 19.4. The number of hydrogen-bond acceptors (Lipinski definition) is 5. The fourth-order valence-electron chi connectivity index (χ4n) is 2.92. The number of aryl methyl sites for hydroxylation is 2. The van der Waals surface area contributed by atoms with Crippen LogP contribution in [0.5, 0.6) is 0 Å². The highest BCUT2D eigenvalue weighted by molar-refractivity contribution is 7.13. The highest BCUT2D eigenvalue weighted by Crippen LogP contribution is 2.21. The largest absolute Gasteiger partial charge is 0.481 e. The van der Waals surface area contributed by atoms with Gasteiger partial charge in [-0.1, -0.05) is 6.92 Å². The minimum absolute atomic E-state index is 0.0500. The zero-order valence-electron chi connectivity index (χ0n) is 14.9. The van der Waals surface area contributed by atoms with Crippen molar-refractivity contribution in [2.75, 3.05) is 26.7 Å². The molecule has 0 bridgehead atoms. The molecule has 1 aliphatic heterocycles. The number of nitrogens with zero attached hydrogens (tertiary/aromatic N) is 3. The van der Waals surface area contributed by atoms with Crippen molar-refractivity contribution >= 4 is 29.1 Å². The van der Waals surface area contributed by atoms with E-state index in [-0.39, 0.29) is 24.9 Å². The van der Waals surface area contributed by atoms with E-state index in [0.29, 0.717) is 30.0 Å². The molecule has 1 aliphatic rings. The van der Waals surface area contributed by atoms with Gasteiger partial charge >= 0.3 is 5.97 Å². The first-order valence-electron chi connectivity index (χ1n) is 8.55. The van der Waals surface area contributed by atoms with Crippen LogP contribution in [0.3, 0.4) is 0 Å². The second-order valence-electron chi connectivity index (χ2n) is 6.45. The van der Waals surface area contributed by atoms with Crippen LogP contribution in [0.15, 0.2) is 0 Å². The molecule has 8 heteroatoms. The topological polar surface area (TPSA) is 90.8 Å². The number of rotatable bonds is 6. The standard InChI is InChI=1S/C17H25N3O4S/c1-4-6-13-18-11(2)15(25-13)16(22)19(3)10-14(21)20-8-5-7-12(9-20)17(23)24/h12H,4-10H2,1-3H3,(H,23,24). The number of carbonyl (C=O) groups is 3. The molecule has 7 nitrogen and oxygen atoms in total. The molecule has 1 fully saturated rings. The summed E-state index contributed by atoms with van der Waals surface area (Å²) in [6.45, 7) is 4.58. The Kier molecular flexibility index (Phi) is 6.52. The number of piperidine rings is 1. The number of carbonyl (C=O) groups excluding carboxylic acids is 2. The molecule has 0 radical (unpaired) electrons. The third kappa shape index (κ3) is 4.78. The van der Waals surface area contributed by atoms with Gasteiger partial charge in [0.2, 0.25) is 5.91 Å². The number of amides is 2. The maximum absolute atomic E-state index is 12.6. The van der Waals surface area contributed by atoms with Gasteiger partial charge in [-0.05, 0) is 32.6 Å². The lowest BCUT2D eigenvalue weighted by atomic mass is 9.98. The van der Waals surface area contributed by atoms with Gasteiger partial charge in [-0.15, -0.1) is 11.3 Å². The van der Waals surface area contributed by atoms with E-state index in [4.69, 9.17) is 5.11 Å². The van der Waals surface area contributed by atoms with Crippen LogP contribution in [-0.2, 0) is 16.0 Å². The van der Waals surface area contributed by atoms with Gasteiger partial charge in [-0.3, -0.25) is 14.4 Å². The van der Waals surface area contributed by atoms with Crippen molar-refractivity contribution in [3.63, 3.8) is 0 Å². The van der Waals surface area contributed by atoms with Crippen LogP contribution >= 0.6 is 11.3 Å². The highest BCUT2D eigenvalue weighted by atomic mass is 32.1. The maximum atomic E-state index is 12.6. The number of likely N-dealkylation sites (tertiary alicyclic amines) is 1. The number of aliphatic carboxylic acids is 1. The average Bonchev–Trinajstić information content (AvgIpc) is 2.94. The normalized spacial score (nSPS) is 17.4. The summed E-state index contributed by atoms with van der Waals surface area (Å²) < 4.78 is 0. The zero-order valence-corrected chi connectivity index (χ0v) is 15.8. The third-order valence-corrected chi connectivity index (χ3v) is 5.55. The van der Waals surface area contributed by atoms with E-state index in [1.165, 1.54) is 16.2 Å². The number of carboxylic acids is 1. The quantitative estimate of drug-likeness (QED) is 0.828. The molecule has 0 aliphatic carbocycles. The summed E-state index contributed by atoms with van der Waals surface area (Å²) in [6, 6.07) is 0. The van der Waals surface area contributed by atoms with E-state index >= 15 is 0 Å². The summed E-state index contributed by atoms with van der Waals surface area (Å²) in [7, 11) is 1.59. The van der Waals surface area contributed by atoms with Crippen molar-refractivity contribution in [2.45, 2.75) is 39.5 Å². The van der Waals surface area contributed by atoms with Gasteiger partial charge in [0.25, 0.3) is 5.91 Å². The molecule has 1 unspecified atom stereocenters.